The molecule has 0 aliphatic carbocycles. The van der Waals surface area contributed by atoms with Crippen LogP contribution in [0.5, 0.6) is 11.5 Å². The van der Waals surface area contributed by atoms with Gasteiger partial charge in [0.1, 0.15) is 11.5 Å². The van der Waals surface area contributed by atoms with Crippen molar-refractivity contribution in [2.24, 2.45) is 32.9 Å². The number of alkyl halides is 6. The highest BCUT2D eigenvalue weighted by atomic mass is 19.4. The van der Waals surface area contributed by atoms with Gasteiger partial charge in [0, 0.05) is 0 Å². The Balaban J connectivity index is 0.00000104. The first-order valence-electron chi connectivity index (χ1n) is 12.1. The maximum Gasteiger partial charge on any atom is 0.490 e. The molecule has 240 valence electrons. The number of guanidine groups is 2. The Bertz CT molecular complexity index is 1070. The second-order valence-corrected chi connectivity index (χ2v) is 8.13. The van der Waals surface area contributed by atoms with E-state index in [9.17, 15) is 26.3 Å². The average Bonchev–Trinajstić information content (AvgIpc) is 2.91. The Kier molecular flexibility index (Phi) is 17.1. The fraction of sp³-hybridized carbons (Fsp3) is 0.360. The van der Waals surface area contributed by atoms with E-state index in [0.717, 1.165) is 41.9 Å². The Labute approximate surface area is 242 Å². The van der Waals surface area contributed by atoms with Crippen LogP contribution in [0.25, 0.3) is 0 Å². The summed E-state index contributed by atoms with van der Waals surface area (Å²) in [5.41, 5.74) is 23.4. The molecule has 0 atom stereocenters. The number of ether oxygens (including phenoxy) is 2. The van der Waals surface area contributed by atoms with Gasteiger partial charge in [-0.25, -0.2) is 19.6 Å². The molecule has 10 N–H and O–H groups in total. The molecular formula is C25H32F6N6O6. The molecule has 12 nitrogen and oxygen atoms in total. The molecule has 0 aliphatic heterocycles. The van der Waals surface area contributed by atoms with E-state index in [2.05, 4.69) is 9.98 Å². The minimum atomic E-state index is -5.08. The third-order valence-corrected chi connectivity index (χ3v) is 4.55. The van der Waals surface area contributed by atoms with Crippen LogP contribution in [0.2, 0.25) is 0 Å². The molecule has 2 aromatic rings. The summed E-state index contributed by atoms with van der Waals surface area (Å²) in [5, 5.41) is 14.2. The van der Waals surface area contributed by atoms with Crippen molar-refractivity contribution in [3.8, 4) is 11.5 Å². The first-order valence-corrected chi connectivity index (χ1v) is 12.1. The van der Waals surface area contributed by atoms with Crippen molar-refractivity contribution in [1.82, 2.24) is 0 Å². The van der Waals surface area contributed by atoms with E-state index in [1.54, 1.807) is 0 Å². The van der Waals surface area contributed by atoms with E-state index in [1.807, 2.05) is 48.5 Å². The smallest absolute Gasteiger partial charge is 0.490 e. The molecule has 0 heterocycles. The van der Waals surface area contributed by atoms with Gasteiger partial charge in [-0.2, -0.15) is 26.3 Å². The number of halogens is 6. The van der Waals surface area contributed by atoms with Crippen LogP contribution in [0.3, 0.4) is 0 Å². The van der Waals surface area contributed by atoms with Gasteiger partial charge >= 0.3 is 24.3 Å². The Morgan fingerprint density at radius 3 is 1.12 bits per heavy atom. The number of benzene rings is 2. The number of nitrogens with zero attached hydrogens (tertiary/aromatic N) is 2. The SMILES string of the molecule is NC(N)=NCc1ccc(OCCCCCOc2ccc(CN=C(N)N)cc2)cc1.O=C(O)C(F)(F)F.O=C(O)C(F)(F)F. The van der Waals surface area contributed by atoms with Crippen molar-refractivity contribution in [2.75, 3.05) is 13.2 Å². The summed E-state index contributed by atoms with van der Waals surface area (Å²) >= 11 is 0. The van der Waals surface area contributed by atoms with Crippen LogP contribution in [0, 0.1) is 0 Å². The largest absolute Gasteiger partial charge is 0.494 e. The van der Waals surface area contributed by atoms with Crippen molar-refractivity contribution in [3.63, 3.8) is 0 Å². The highest BCUT2D eigenvalue weighted by molar-refractivity contribution is 5.76. The lowest BCUT2D eigenvalue weighted by Crippen LogP contribution is -2.22. The van der Waals surface area contributed by atoms with Gasteiger partial charge in [0.25, 0.3) is 0 Å². The molecule has 0 saturated carbocycles. The molecule has 43 heavy (non-hydrogen) atoms. The highest BCUT2D eigenvalue weighted by Crippen LogP contribution is 2.16. The number of unbranched alkanes of at least 4 members (excludes halogenated alkanes) is 2. The molecule has 0 amide bonds. The Morgan fingerprint density at radius 2 is 0.884 bits per heavy atom. The summed E-state index contributed by atoms with van der Waals surface area (Å²) in [4.78, 5) is 25.7. The van der Waals surface area contributed by atoms with Crippen molar-refractivity contribution in [3.05, 3.63) is 59.7 Å². The van der Waals surface area contributed by atoms with Gasteiger partial charge in [-0.1, -0.05) is 24.3 Å². The molecule has 2 rings (SSSR count). The molecule has 18 heteroatoms. The molecule has 0 aliphatic rings. The highest BCUT2D eigenvalue weighted by Gasteiger charge is 2.38. The number of aliphatic imine (C=N–C) groups is 2. The summed E-state index contributed by atoms with van der Waals surface area (Å²) in [6.07, 6.45) is -7.20. The lowest BCUT2D eigenvalue weighted by atomic mass is 10.2. The normalized spacial score (nSPS) is 10.6. The fourth-order valence-corrected chi connectivity index (χ4v) is 2.51. The fourth-order valence-electron chi connectivity index (χ4n) is 2.51. The minimum Gasteiger partial charge on any atom is -0.494 e. The van der Waals surface area contributed by atoms with E-state index < -0.39 is 24.3 Å². The van der Waals surface area contributed by atoms with Crippen molar-refractivity contribution >= 4 is 23.9 Å². The topological polar surface area (TPSA) is 222 Å². The number of nitrogens with two attached hydrogens (primary N) is 4. The number of aliphatic carboxylic acids is 2. The van der Waals surface area contributed by atoms with Crippen LogP contribution in [-0.4, -0.2) is 59.6 Å². The number of hydrogen-bond donors (Lipinski definition) is 6. The Morgan fingerprint density at radius 1 is 0.605 bits per heavy atom. The second-order valence-electron chi connectivity index (χ2n) is 8.13. The van der Waals surface area contributed by atoms with Crippen LogP contribution < -0.4 is 32.4 Å². The molecule has 0 aromatic heterocycles. The summed E-state index contributed by atoms with van der Waals surface area (Å²) < 4.78 is 75.0. The standard InChI is InChI=1S/C21H30N6O2.2C2HF3O2/c22-20(23)26-14-16-4-8-18(9-5-16)28-12-2-1-3-13-29-19-10-6-17(7-11-19)15-27-21(24)25;2*3-2(4,5)1(6)7/h4-11H,1-3,12-15H2,(H4,22,23,26)(H4,24,25,27);2*(H,6,7). The van der Waals surface area contributed by atoms with Crippen molar-refractivity contribution < 1.29 is 55.6 Å². The van der Waals surface area contributed by atoms with Crippen molar-refractivity contribution in [2.45, 2.75) is 44.7 Å². The summed E-state index contributed by atoms with van der Waals surface area (Å²) in [7, 11) is 0. The number of carbonyl (C=O) groups is 2. The molecule has 0 spiro atoms. The zero-order chi connectivity index (χ0) is 33.1. The predicted molar refractivity (Wildman–Crippen MR) is 144 cm³/mol. The van der Waals surface area contributed by atoms with Crippen LogP contribution >= 0.6 is 0 Å². The van der Waals surface area contributed by atoms with Crippen LogP contribution in [-0.2, 0) is 22.7 Å². The van der Waals surface area contributed by atoms with Gasteiger partial charge in [0.05, 0.1) is 26.3 Å². The third kappa shape index (κ3) is 20.6. The summed E-state index contributed by atoms with van der Waals surface area (Å²) in [5.74, 6) is -3.64. The molecule has 0 radical (unpaired) electrons. The molecular weight excluding hydrogens is 594 g/mol. The van der Waals surface area contributed by atoms with Gasteiger partial charge in [-0.15, -0.1) is 0 Å². The van der Waals surface area contributed by atoms with Gasteiger partial charge in [-0.05, 0) is 54.7 Å². The summed E-state index contributed by atoms with van der Waals surface area (Å²) in [6.45, 7) is 2.29. The molecule has 0 fully saturated rings. The van der Waals surface area contributed by atoms with E-state index >= 15 is 0 Å². The number of rotatable bonds is 12. The molecule has 0 bridgehead atoms. The van der Waals surface area contributed by atoms with E-state index in [1.165, 1.54) is 0 Å². The van der Waals surface area contributed by atoms with E-state index in [-0.39, 0.29) is 11.9 Å². The molecule has 0 saturated heterocycles. The van der Waals surface area contributed by atoms with Gasteiger partial charge in [0.2, 0.25) is 0 Å². The first kappa shape index (κ1) is 38.1. The second kappa shape index (κ2) is 19.3. The van der Waals surface area contributed by atoms with Crippen LogP contribution in [0.4, 0.5) is 26.3 Å². The lowest BCUT2D eigenvalue weighted by Gasteiger charge is -2.08. The number of carboxylic acid groups (broad SMARTS) is 2. The van der Waals surface area contributed by atoms with E-state index in [0.29, 0.717) is 26.3 Å². The van der Waals surface area contributed by atoms with Gasteiger partial charge in [0.15, 0.2) is 11.9 Å². The first-order chi connectivity index (χ1) is 19.9. The third-order valence-electron chi connectivity index (χ3n) is 4.55. The van der Waals surface area contributed by atoms with Crippen LogP contribution in [0.1, 0.15) is 30.4 Å². The summed E-state index contributed by atoms with van der Waals surface area (Å²) in [6, 6.07) is 15.5. The average molecular weight is 627 g/mol. The van der Waals surface area contributed by atoms with Crippen LogP contribution in [0.15, 0.2) is 58.5 Å². The zero-order valence-electron chi connectivity index (χ0n) is 22.6. The minimum absolute atomic E-state index is 0.0918. The van der Waals surface area contributed by atoms with Gasteiger partial charge in [-0.3, -0.25) is 0 Å². The maximum absolute atomic E-state index is 10.6. The quantitative estimate of drug-likeness (QED) is 0.0874. The molecule has 0 unspecified atom stereocenters. The monoisotopic (exact) mass is 626 g/mol. The Hall–Kier alpha value is -4.90. The van der Waals surface area contributed by atoms with E-state index in [4.69, 9.17) is 52.2 Å². The molecule has 2 aromatic carbocycles. The van der Waals surface area contributed by atoms with Gasteiger partial charge < -0.3 is 42.6 Å². The lowest BCUT2D eigenvalue weighted by molar-refractivity contribution is -0.193. The predicted octanol–water partition coefficient (Wildman–Crippen LogP) is 3.13. The number of carboxylic acids is 2. The van der Waals surface area contributed by atoms with Crippen molar-refractivity contribution in [1.29, 1.82) is 0 Å². The maximum atomic E-state index is 10.6. The zero-order valence-corrected chi connectivity index (χ0v) is 22.6. The number of hydrogen-bond acceptors (Lipinski definition) is 6.